The van der Waals surface area contributed by atoms with Crippen LogP contribution in [0.2, 0.25) is 0 Å². The van der Waals surface area contributed by atoms with Gasteiger partial charge in [-0.05, 0) is 32.3 Å². The molecule has 218 valence electrons. The SMILES string of the molecule is [2H]C([2H])([2H])N(Cc1ccc(-c2nc(C(F)(F)F)cn2C(C)C)cc1)c1nc(-c2c(OC)ncnc2C2CC2)nc2cn(C)nc12. The van der Waals surface area contributed by atoms with Crippen molar-refractivity contribution in [1.29, 1.82) is 0 Å². The molecule has 4 heterocycles. The van der Waals surface area contributed by atoms with Crippen molar-refractivity contribution in [2.45, 2.75) is 51.4 Å². The van der Waals surface area contributed by atoms with Crippen molar-refractivity contribution in [3.05, 3.63) is 59.9 Å². The Kier molecular flexibility index (Phi) is 5.95. The third-order valence-corrected chi connectivity index (χ3v) is 7.07. The molecular formula is C29H30F3N9O. The lowest BCUT2D eigenvalue weighted by molar-refractivity contribution is -0.140. The van der Waals surface area contributed by atoms with E-state index in [0.29, 0.717) is 22.2 Å². The Hall–Kier alpha value is -4.55. The molecular weight excluding hydrogens is 547 g/mol. The monoisotopic (exact) mass is 580 g/mol. The van der Waals surface area contributed by atoms with Crippen LogP contribution in [0.4, 0.5) is 19.0 Å². The van der Waals surface area contributed by atoms with Gasteiger partial charge in [-0.1, -0.05) is 24.3 Å². The van der Waals surface area contributed by atoms with Gasteiger partial charge >= 0.3 is 6.18 Å². The molecule has 0 atom stereocenters. The molecule has 13 heteroatoms. The van der Waals surface area contributed by atoms with Gasteiger partial charge in [-0.25, -0.2) is 24.9 Å². The summed E-state index contributed by atoms with van der Waals surface area (Å²) in [6, 6.07) is 6.32. The van der Waals surface area contributed by atoms with Crippen LogP contribution in [0, 0.1) is 0 Å². The number of hydrogen-bond donors (Lipinski definition) is 0. The summed E-state index contributed by atoms with van der Waals surface area (Å²) in [6.45, 7) is 0.782. The highest BCUT2D eigenvalue weighted by molar-refractivity contribution is 5.88. The highest BCUT2D eigenvalue weighted by Crippen LogP contribution is 2.45. The Morgan fingerprint density at radius 1 is 1.10 bits per heavy atom. The molecule has 1 saturated carbocycles. The first-order valence-electron chi connectivity index (χ1n) is 14.9. The Morgan fingerprint density at radius 2 is 1.86 bits per heavy atom. The maximum Gasteiger partial charge on any atom is 0.434 e. The molecule has 0 radical (unpaired) electrons. The lowest BCUT2D eigenvalue weighted by atomic mass is 10.1. The van der Waals surface area contributed by atoms with Crippen molar-refractivity contribution < 1.29 is 22.0 Å². The molecule has 10 nitrogen and oxygen atoms in total. The van der Waals surface area contributed by atoms with Crippen LogP contribution < -0.4 is 9.64 Å². The summed E-state index contributed by atoms with van der Waals surface area (Å²) in [4.78, 5) is 23.2. The van der Waals surface area contributed by atoms with Crippen LogP contribution in [0.3, 0.4) is 0 Å². The number of anilines is 1. The molecule has 0 amide bonds. The second-order valence-corrected chi connectivity index (χ2v) is 10.6. The van der Waals surface area contributed by atoms with Crippen LogP contribution in [-0.4, -0.2) is 53.4 Å². The Balaban J connectivity index is 1.42. The summed E-state index contributed by atoms with van der Waals surface area (Å²) < 4.78 is 74.2. The van der Waals surface area contributed by atoms with E-state index in [1.165, 1.54) is 22.7 Å². The molecule has 0 unspecified atom stereocenters. The molecule has 4 aromatic heterocycles. The van der Waals surface area contributed by atoms with Gasteiger partial charge in [0.1, 0.15) is 23.2 Å². The zero-order valence-electron chi connectivity index (χ0n) is 26.4. The molecule has 1 aliphatic rings. The van der Waals surface area contributed by atoms with Gasteiger partial charge in [0.25, 0.3) is 0 Å². The highest BCUT2D eigenvalue weighted by atomic mass is 19.4. The van der Waals surface area contributed by atoms with Crippen LogP contribution >= 0.6 is 0 Å². The minimum absolute atomic E-state index is 0.0810. The van der Waals surface area contributed by atoms with Gasteiger partial charge < -0.3 is 14.2 Å². The number of aryl methyl sites for hydroxylation is 1. The second-order valence-electron chi connectivity index (χ2n) is 10.6. The number of nitrogens with zero attached hydrogens (tertiary/aromatic N) is 9. The largest absolute Gasteiger partial charge is 0.480 e. The van der Waals surface area contributed by atoms with Gasteiger partial charge in [-0.15, -0.1) is 0 Å². The van der Waals surface area contributed by atoms with Crippen molar-refractivity contribution in [2.24, 2.45) is 7.05 Å². The maximum absolute atomic E-state index is 13.4. The average molecular weight is 581 g/mol. The molecule has 6 rings (SSSR count). The molecule has 5 aromatic rings. The zero-order chi connectivity index (χ0) is 32.3. The molecule has 0 bridgehead atoms. The van der Waals surface area contributed by atoms with Gasteiger partial charge in [0.2, 0.25) is 5.88 Å². The summed E-state index contributed by atoms with van der Waals surface area (Å²) in [6.07, 6.45) is 1.40. The van der Waals surface area contributed by atoms with E-state index in [9.17, 15) is 13.2 Å². The van der Waals surface area contributed by atoms with E-state index in [0.717, 1.165) is 29.6 Å². The number of benzene rings is 1. The number of methoxy groups -OCH3 is 1. The Bertz CT molecular complexity index is 1860. The summed E-state index contributed by atoms with van der Waals surface area (Å²) in [5, 5.41) is 4.47. The summed E-state index contributed by atoms with van der Waals surface area (Å²) in [5.74, 6) is 0.945. The van der Waals surface area contributed by atoms with E-state index >= 15 is 0 Å². The predicted molar refractivity (Wildman–Crippen MR) is 151 cm³/mol. The van der Waals surface area contributed by atoms with Crippen LogP contribution in [-0.2, 0) is 19.8 Å². The number of fused-ring (bicyclic) bond motifs is 1. The van der Waals surface area contributed by atoms with E-state index in [4.69, 9.17) is 18.8 Å². The van der Waals surface area contributed by atoms with Crippen molar-refractivity contribution in [3.8, 4) is 28.7 Å². The van der Waals surface area contributed by atoms with Crippen LogP contribution in [0.25, 0.3) is 33.8 Å². The quantitative estimate of drug-likeness (QED) is 0.227. The second kappa shape index (κ2) is 10.4. The summed E-state index contributed by atoms with van der Waals surface area (Å²) in [5.41, 5.74) is 2.02. The van der Waals surface area contributed by atoms with Gasteiger partial charge in [0, 0.05) is 48.4 Å². The van der Waals surface area contributed by atoms with Crippen molar-refractivity contribution in [3.63, 3.8) is 0 Å². The molecule has 0 saturated heterocycles. The lowest BCUT2D eigenvalue weighted by Gasteiger charge is -2.20. The first kappa shape index (κ1) is 24.1. The summed E-state index contributed by atoms with van der Waals surface area (Å²) >= 11 is 0. The molecule has 0 N–H and O–H groups in total. The third-order valence-electron chi connectivity index (χ3n) is 7.07. The number of rotatable bonds is 8. The molecule has 1 aromatic carbocycles. The van der Waals surface area contributed by atoms with Gasteiger partial charge in [0.15, 0.2) is 22.9 Å². The lowest BCUT2D eigenvalue weighted by Crippen LogP contribution is -2.19. The minimum atomic E-state index is -4.59. The van der Waals surface area contributed by atoms with Crippen molar-refractivity contribution >= 4 is 16.9 Å². The Morgan fingerprint density at radius 3 is 2.50 bits per heavy atom. The van der Waals surface area contributed by atoms with Gasteiger partial charge in [-0.3, -0.25) is 4.68 Å². The number of ether oxygens (including phenoxy) is 1. The molecule has 1 aliphatic carbocycles. The van der Waals surface area contributed by atoms with Crippen molar-refractivity contribution in [2.75, 3.05) is 19.0 Å². The topological polar surface area (TPSA) is 99.7 Å². The molecule has 1 fully saturated rings. The Labute approximate surface area is 244 Å². The number of imidazole rings is 1. The number of aromatic nitrogens is 8. The normalized spacial score (nSPS) is 15.1. The zero-order valence-corrected chi connectivity index (χ0v) is 23.4. The van der Waals surface area contributed by atoms with Crippen LogP contribution in [0.15, 0.2) is 43.0 Å². The van der Waals surface area contributed by atoms with Crippen LogP contribution in [0.5, 0.6) is 5.88 Å². The number of hydrogen-bond acceptors (Lipinski definition) is 8. The van der Waals surface area contributed by atoms with E-state index in [2.05, 4.69) is 20.1 Å². The fourth-order valence-corrected chi connectivity index (χ4v) is 4.88. The molecule has 0 aliphatic heterocycles. The van der Waals surface area contributed by atoms with Crippen LogP contribution in [0.1, 0.15) is 59.7 Å². The van der Waals surface area contributed by atoms with Gasteiger partial charge in [0.05, 0.1) is 19.0 Å². The predicted octanol–water partition coefficient (Wildman–Crippen LogP) is 5.81. The first-order valence-corrected chi connectivity index (χ1v) is 13.4. The van der Waals surface area contributed by atoms with Crippen molar-refractivity contribution in [1.82, 2.24) is 39.3 Å². The van der Waals surface area contributed by atoms with Gasteiger partial charge in [-0.2, -0.15) is 18.3 Å². The standard InChI is InChI=1S/C29H30F3N9O/c1-16(2)41-14-21(29(30,31)32)36-26(41)19-8-6-17(7-9-19)12-39(3)27-24-20(13-40(4)38-24)35-25(37-27)22-23(18-10-11-18)33-15-34-28(22)42-5/h6-9,13-16,18H,10-12H2,1-5H3/i3D3. The number of halogens is 3. The third kappa shape index (κ3) is 5.14. The van der Waals surface area contributed by atoms with E-state index in [1.807, 2.05) is 0 Å². The minimum Gasteiger partial charge on any atom is -0.480 e. The summed E-state index contributed by atoms with van der Waals surface area (Å²) in [7, 11) is 3.19. The highest BCUT2D eigenvalue weighted by Gasteiger charge is 2.35. The molecule has 0 spiro atoms. The fourth-order valence-electron chi connectivity index (χ4n) is 4.88. The maximum atomic E-state index is 13.4. The fraction of sp³-hybridized carbons (Fsp3) is 0.379. The average Bonchev–Trinajstić information content (AvgIpc) is 3.59. The smallest absolute Gasteiger partial charge is 0.434 e. The van der Waals surface area contributed by atoms with E-state index < -0.39 is 18.8 Å². The first-order chi connectivity index (χ1) is 21.2. The van der Waals surface area contributed by atoms with E-state index in [-0.39, 0.29) is 47.4 Å². The van der Waals surface area contributed by atoms with E-state index in [1.54, 1.807) is 51.4 Å². The molecule has 42 heavy (non-hydrogen) atoms. The number of alkyl halides is 3.